The maximum Gasteiger partial charge on any atom is 0.153 e. The van der Waals surface area contributed by atoms with Crippen molar-refractivity contribution in [3.05, 3.63) is 0 Å². The molecule has 1 heterocycles. The van der Waals surface area contributed by atoms with Crippen LogP contribution < -0.4 is 0 Å². The van der Waals surface area contributed by atoms with E-state index in [1.807, 2.05) is 13.8 Å². The van der Waals surface area contributed by atoms with Crippen molar-refractivity contribution < 1.29 is 4.79 Å². The summed E-state index contributed by atoms with van der Waals surface area (Å²) in [6.07, 6.45) is 4.69. The quantitative estimate of drug-likeness (QED) is 0.745. The van der Waals surface area contributed by atoms with Crippen LogP contribution in [-0.4, -0.2) is 46.4 Å². The van der Waals surface area contributed by atoms with Gasteiger partial charge in [0.25, 0.3) is 0 Å². The molecule has 0 aliphatic carbocycles. The Balaban J connectivity index is 2.93. The van der Waals surface area contributed by atoms with Crippen molar-refractivity contribution in [1.29, 1.82) is 0 Å². The molecule has 2 nitrogen and oxygen atoms in total. The Kier molecular flexibility index (Phi) is 3.81. The first-order valence-electron chi connectivity index (χ1n) is 6.04. The number of rotatable bonds is 2. The SMILES string of the molecule is CC(C)C(=O)C1CS(C)(C)CN1C(C)(C)C. The van der Waals surface area contributed by atoms with Crippen LogP contribution in [0.4, 0.5) is 0 Å². The summed E-state index contributed by atoms with van der Waals surface area (Å²) in [7, 11) is -0.601. The molecule has 1 fully saturated rings. The number of ketones is 1. The van der Waals surface area contributed by atoms with E-state index in [1.54, 1.807) is 0 Å². The molecule has 0 N–H and O–H groups in total. The number of hydrogen-bond acceptors (Lipinski definition) is 2. The Hall–Kier alpha value is -0.0200. The van der Waals surface area contributed by atoms with Gasteiger partial charge in [-0.3, -0.25) is 9.69 Å². The van der Waals surface area contributed by atoms with Crippen molar-refractivity contribution in [2.24, 2.45) is 5.92 Å². The summed E-state index contributed by atoms with van der Waals surface area (Å²) >= 11 is 0. The fourth-order valence-electron chi connectivity index (χ4n) is 2.32. The molecule has 0 amide bonds. The van der Waals surface area contributed by atoms with Gasteiger partial charge in [0.2, 0.25) is 0 Å². The molecule has 0 aromatic rings. The van der Waals surface area contributed by atoms with E-state index in [0.717, 1.165) is 11.6 Å². The molecule has 1 unspecified atom stereocenters. The summed E-state index contributed by atoms with van der Waals surface area (Å²) in [5.41, 5.74) is 0.107. The average molecular weight is 245 g/mol. The molecule has 0 spiro atoms. The van der Waals surface area contributed by atoms with Crippen molar-refractivity contribution in [1.82, 2.24) is 4.90 Å². The largest absolute Gasteiger partial charge is 0.298 e. The maximum absolute atomic E-state index is 12.3. The van der Waals surface area contributed by atoms with Gasteiger partial charge in [0.1, 0.15) is 0 Å². The monoisotopic (exact) mass is 245 g/mol. The Bertz CT molecular complexity index is 278. The third-order valence-corrected chi connectivity index (χ3v) is 5.43. The fourth-order valence-corrected chi connectivity index (χ4v) is 4.94. The van der Waals surface area contributed by atoms with Gasteiger partial charge in [-0.2, -0.15) is 0 Å². The second-order valence-corrected chi connectivity index (χ2v) is 10.9. The molecule has 1 aliphatic heterocycles. The molecule has 0 aromatic carbocycles. The van der Waals surface area contributed by atoms with Gasteiger partial charge in [-0.1, -0.05) is 13.8 Å². The van der Waals surface area contributed by atoms with Crippen molar-refractivity contribution >= 4 is 15.8 Å². The maximum atomic E-state index is 12.3. The summed E-state index contributed by atoms with van der Waals surface area (Å²) in [6, 6.07) is 0.157. The fraction of sp³-hybridized carbons (Fsp3) is 0.923. The number of carbonyl (C=O) groups is 1. The summed E-state index contributed by atoms with van der Waals surface area (Å²) < 4.78 is 0. The molecule has 1 saturated heterocycles. The lowest BCUT2D eigenvalue weighted by Gasteiger charge is -2.37. The molecule has 1 atom stereocenters. The van der Waals surface area contributed by atoms with Crippen molar-refractivity contribution in [2.45, 2.75) is 46.2 Å². The van der Waals surface area contributed by atoms with E-state index in [0.29, 0.717) is 5.78 Å². The minimum atomic E-state index is -0.601. The van der Waals surface area contributed by atoms with E-state index in [2.05, 4.69) is 38.2 Å². The Labute approximate surface area is 102 Å². The summed E-state index contributed by atoms with van der Waals surface area (Å²) in [5, 5.41) is 0. The van der Waals surface area contributed by atoms with Crippen LogP contribution in [0.15, 0.2) is 0 Å². The standard InChI is InChI=1S/C13H27NOS/c1-10(2)12(15)11-8-16(6,7)9-14(11)13(3,4)5/h10-11H,8-9H2,1-7H3. The number of hydrogen-bond donors (Lipinski definition) is 0. The minimum Gasteiger partial charge on any atom is -0.298 e. The normalized spacial score (nSPS) is 28.4. The highest BCUT2D eigenvalue weighted by molar-refractivity contribution is 8.32. The van der Waals surface area contributed by atoms with Crippen LogP contribution in [0.3, 0.4) is 0 Å². The van der Waals surface area contributed by atoms with Crippen LogP contribution in [-0.2, 0) is 4.79 Å². The first-order valence-corrected chi connectivity index (χ1v) is 8.82. The van der Waals surface area contributed by atoms with E-state index in [1.165, 1.54) is 0 Å². The minimum absolute atomic E-state index is 0.107. The van der Waals surface area contributed by atoms with Crippen LogP contribution in [0.2, 0.25) is 0 Å². The van der Waals surface area contributed by atoms with Crippen LogP contribution in [0.5, 0.6) is 0 Å². The van der Waals surface area contributed by atoms with E-state index >= 15 is 0 Å². The first-order chi connectivity index (χ1) is 7.04. The van der Waals surface area contributed by atoms with Crippen LogP contribution >= 0.6 is 10.0 Å². The molecular weight excluding hydrogens is 218 g/mol. The predicted molar refractivity (Wildman–Crippen MR) is 74.4 cm³/mol. The number of nitrogens with zero attached hydrogens (tertiary/aromatic N) is 1. The van der Waals surface area contributed by atoms with Crippen LogP contribution in [0.1, 0.15) is 34.6 Å². The number of Topliss-reactive ketones (excluding diaryl/α,β-unsaturated/α-hetero) is 1. The Morgan fingerprint density at radius 2 is 1.81 bits per heavy atom. The van der Waals surface area contributed by atoms with Gasteiger partial charge in [-0.25, -0.2) is 10.0 Å². The highest BCUT2D eigenvalue weighted by Gasteiger charge is 2.43. The first kappa shape index (κ1) is 14.0. The summed E-state index contributed by atoms with van der Waals surface area (Å²) in [4.78, 5) is 14.7. The third-order valence-electron chi connectivity index (χ3n) is 3.23. The highest BCUT2D eigenvalue weighted by atomic mass is 32.3. The zero-order valence-electron chi connectivity index (χ0n) is 11.8. The van der Waals surface area contributed by atoms with Crippen LogP contribution in [0.25, 0.3) is 0 Å². The van der Waals surface area contributed by atoms with Gasteiger partial charge < -0.3 is 0 Å². The average Bonchev–Trinajstić information content (AvgIpc) is 2.39. The lowest BCUT2D eigenvalue weighted by Crippen LogP contribution is -2.49. The summed E-state index contributed by atoms with van der Waals surface area (Å²) in [5.74, 6) is 2.78. The summed E-state index contributed by atoms with van der Waals surface area (Å²) in [6.45, 7) is 10.7. The molecule has 96 valence electrons. The topological polar surface area (TPSA) is 20.3 Å². The molecule has 0 saturated carbocycles. The molecule has 0 aromatic heterocycles. The lowest BCUT2D eigenvalue weighted by molar-refractivity contribution is -0.127. The van der Waals surface area contributed by atoms with Gasteiger partial charge >= 0.3 is 0 Å². The van der Waals surface area contributed by atoms with Crippen molar-refractivity contribution in [3.8, 4) is 0 Å². The van der Waals surface area contributed by atoms with Crippen molar-refractivity contribution in [3.63, 3.8) is 0 Å². The zero-order valence-corrected chi connectivity index (χ0v) is 12.6. The van der Waals surface area contributed by atoms with Crippen molar-refractivity contribution in [2.75, 3.05) is 24.1 Å². The van der Waals surface area contributed by atoms with Gasteiger partial charge in [-0.15, -0.1) is 0 Å². The van der Waals surface area contributed by atoms with E-state index in [9.17, 15) is 4.79 Å². The Morgan fingerprint density at radius 1 is 1.31 bits per heavy atom. The van der Waals surface area contributed by atoms with Gasteiger partial charge in [-0.05, 0) is 33.3 Å². The zero-order chi connectivity index (χ0) is 12.7. The molecule has 0 bridgehead atoms. The van der Waals surface area contributed by atoms with Gasteiger partial charge in [0.15, 0.2) is 5.78 Å². The van der Waals surface area contributed by atoms with Crippen LogP contribution in [0, 0.1) is 5.92 Å². The molecule has 16 heavy (non-hydrogen) atoms. The third kappa shape index (κ3) is 3.01. The lowest BCUT2D eigenvalue weighted by atomic mass is 9.97. The predicted octanol–water partition coefficient (Wildman–Crippen LogP) is 2.72. The molecule has 3 heteroatoms. The van der Waals surface area contributed by atoms with E-state index in [-0.39, 0.29) is 17.5 Å². The van der Waals surface area contributed by atoms with Gasteiger partial charge in [0, 0.05) is 23.1 Å². The van der Waals surface area contributed by atoms with E-state index < -0.39 is 10.0 Å². The highest BCUT2D eigenvalue weighted by Crippen LogP contribution is 2.50. The van der Waals surface area contributed by atoms with Gasteiger partial charge in [0.05, 0.1) is 6.04 Å². The second-order valence-electron chi connectivity index (χ2n) is 6.78. The molecule has 0 radical (unpaired) electrons. The molecular formula is C13H27NOS. The smallest absolute Gasteiger partial charge is 0.153 e. The Morgan fingerprint density at radius 3 is 2.19 bits per heavy atom. The number of carbonyl (C=O) groups excluding carboxylic acids is 1. The van der Waals surface area contributed by atoms with E-state index in [4.69, 9.17) is 0 Å². The molecule has 1 aliphatic rings. The second kappa shape index (κ2) is 4.34. The molecule has 1 rings (SSSR count).